The Bertz CT molecular complexity index is 1150. The zero-order valence-corrected chi connectivity index (χ0v) is 16.5. The summed E-state index contributed by atoms with van der Waals surface area (Å²) in [5.41, 5.74) is 0.247. The van der Waals surface area contributed by atoms with Crippen molar-refractivity contribution in [3.8, 4) is 5.75 Å². The lowest BCUT2D eigenvalue weighted by Gasteiger charge is -2.11. The second-order valence-corrected chi connectivity index (χ2v) is 8.20. The lowest BCUT2D eigenvalue weighted by molar-refractivity contribution is 0.102. The number of hydrogen-bond acceptors (Lipinski definition) is 7. The minimum absolute atomic E-state index is 0.0281. The van der Waals surface area contributed by atoms with E-state index in [1.54, 1.807) is 5.38 Å². The molecule has 1 amide bonds. The lowest BCUT2D eigenvalue weighted by atomic mass is 10.2. The van der Waals surface area contributed by atoms with Crippen molar-refractivity contribution in [3.05, 3.63) is 64.0 Å². The molecule has 0 unspecified atom stereocenters. The van der Waals surface area contributed by atoms with E-state index in [9.17, 15) is 18.0 Å². The van der Waals surface area contributed by atoms with Gasteiger partial charge in [0.15, 0.2) is 5.13 Å². The second kappa shape index (κ2) is 7.82. The Morgan fingerprint density at radius 1 is 1.25 bits per heavy atom. The number of carbonyl (C=O) groups excluding carboxylic acids is 1. The first-order valence-corrected chi connectivity index (χ1v) is 10.2. The predicted molar refractivity (Wildman–Crippen MR) is 106 cm³/mol. The molecule has 2 N–H and O–H groups in total. The number of hydrogen-bond donors (Lipinski definition) is 2. The number of ether oxygens (including phenoxy) is 1. The smallest absolute Gasteiger partial charge is 0.263 e. The van der Waals surface area contributed by atoms with Crippen molar-refractivity contribution in [2.75, 3.05) is 17.1 Å². The molecule has 0 spiro atoms. The minimum atomic E-state index is -3.77. The monoisotopic (exact) mass is 420 g/mol. The highest BCUT2D eigenvalue weighted by atomic mass is 32.2. The van der Waals surface area contributed by atoms with Crippen LogP contribution in [0.1, 0.15) is 10.4 Å². The van der Waals surface area contributed by atoms with Crippen LogP contribution in [-0.2, 0) is 17.1 Å². The number of nitrogens with zero attached hydrogens (tertiary/aromatic N) is 2. The molecule has 0 aliphatic rings. The molecule has 3 rings (SSSR count). The molecule has 0 aliphatic heterocycles. The van der Waals surface area contributed by atoms with Crippen LogP contribution in [-0.4, -0.2) is 31.0 Å². The number of anilines is 2. The summed E-state index contributed by atoms with van der Waals surface area (Å²) < 4.78 is 33.4. The van der Waals surface area contributed by atoms with Gasteiger partial charge in [-0.25, -0.2) is 13.4 Å². The van der Waals surface area contributed by atoms with E-state index in [0.717, 1.165) is 11.3 Å². The van der Waals surface area contributed by atoms with Crippen molar-refractivity contribution < 1.29 is 17.9 Å². The number of benzene rings is 1. The van der Waals surface area contributed by atoms with Crippen molar-refractivity contribution in [3.63, 3.8) is 0 Å². The molecule has 0 radical (unpaired) electrons. The maximum absolute atomic E-state index is 12.5. The summed E-state index contributed by atoms with van der Waals surface area (Å²) in [6, 6.07) is 6.87. The summed E-state index contributed by atoms with van der Waals surface area (Å²) in [5.74, 6) is -0.351. The first-order chi connectivity index (χ1) is 13.3. The van der Waals surface area contributed by atoms with E-state index in [2.05, 4.69) is 15.0 Å². The number of pyridine rings is 1. The number of thiazole rings is 1. The number of aromatic nitrogens is 2. The molecule has 1 aromatic carbocycles. The number of sulfonamides is 1. The molecule has 0 bridgehead atoms. The Hall–Kier alpha value is -3.18. The van der Waals surface area contributed by atoms with Gasteiger partial charge in [0.05, 0.1) is 17.6 Å². The van der Waals surface area contributed by atoms with Crippen molar-refractivity contribution in [1.29, 1.82) is 0 Å². The molecule has 9 nitrogen and oxygen atoms in total. The highest BCUT2D eigenvalue weighted by Gasteiger charge is 2.17. The first kappa shape index (κ1) is 19.6. The molecule has 11 heteroatoms. The van der Waals surface area contributed by atoms with Gasteiger partial charge in [0.1, 0.15) is 5.75 Å². The Balaban J connectivity index is 1.78. The van der Waals surface area contributed by atoms with Crippen LogP contribution < -0.4 is 20.3 Å². The van der Waals surface area contributed by atoms with Crippen molar-refractivity contribution >= 4 is 38.1 Å². The third kappa shape index (κ3) is 4.21. The molecule has 146 valence electrons. The second-order valence-electron chi connectivity index (χ2n) is 5.63. The number of amides is 1. The SMILES string of the molecule is COc1cc(=O)n(C)cc1C(=O)Nc1ccc(S(=O)(=O)Nc2nccs2)cc1. The van der Waals surface area contributed by atoms with Crippen LogP contribution in [0.5, 0.6) is 5.75 Å². The molecular formula is C17H16N4O5S2. The molecule has 0 saturated heterocycles. The van der Waals surface area contributed by atoms with Gasteiger partial charge in [-0.3, -0.25) is 14.3 Å². The summed E-state index contributed by atoms with van der Waals surface area (Å²) in [6.45, 7) is 0. The molecule has 2 aromatic heterocycles. The van der Waals surface area contributed by atoms with Crippen LogP contribution >= 0.6 is 11.3 Å². The van der Waals surface area contributed by atoms with E-state index in [0.29, 0.717) is 5.69 Å². The minimum Gasteiger partial charge on any atom is -0.496 e. The normalized spacial score (nSPS) is 11.1. The number of nitrogens with one attached hydrogen (secondary N) is 2. The molecular weight excluding hydrogens is 404 g/mol. The fourth-order valence-corrected chi connectivity index (χ4v) is 4.10. The van der Waals surface area contributed by atoms with Gasteiger partial charge in [-0.2, -0.15) is 0 Å². The molecule has 0 fully saturated rings. The molecule has 2 heterocycles. The maximum atomic E-state index is 12.5. The van der Waals surface area contributed by atoms with E-state index in [-0.39, 0.29) is 26.9 Å². The van der Waals surface area contributed by atoms with Gasteiger partial charge in [0, 0.05) is 36.6 Å². The number of rotatable bonds is 6. The molecule has 0 aliphatic carbocycles. The van der Waals surface area contributed by atoms with Crippen LogP contribution in [0, 0.1) is 0 Å². The largest absolute Gasteiger partial charge is 0.496 e. The number of aryl methyl sites for hydroxylation is 1. The highest BCUT2D eigenvalue weighted by Crippen LogP contribution is 2.21. The average molecular weight is 420 g/mol. The standard InChI is InChI=1S/C17H16N4O5S2/c1-21-10-13(14(26-2)9-15(21)22)16(23)19-11-3-5-12(6-4-11)28(24,25)20-17-18-7-8-27-17/h3-10H,1-2H3,(H,18,20)(H,19,23). The van der Waals surface area contributed by atoms with E-state index >= 15 is 0 Å². The fraction of sp³-hybridized carbons (Fsp3) is 0.118. The zero-order chi connectivity index (χ0) is 20.3. The fourth-order valence-electron chi connectivity index (χ4n) is 2.32. The quantitative estimate of drug-likeness (QED) is 0.629. The topological polar surface area (TPSA) is 119 Å². The number of carbonyl (C=O) groups is 1. The summed E-state index contributed by atoms with van der Waals surface area (Å²) in [6.07, 6.45) is 2.86. The van der Waals surface area contributed by atoms with Crippen LogP contribution in [0.4, 0.5) is 10.8 Å². The van der Waals surface area contributed by atoms with E-state index in [1.165, 1.54) is 61.5 Å². The third-order valence-corrected chi connectivity index (χ3v) is 5.90. The van der Waals surface area contributed by atoms with Crippen LogP contribution in [0.25, 0.3) is 0 Å². The van der Waals surface area contributed by atoms with Gasteiger partial charge in [-0.1, -0.05) is 0 Å². The lowest BCUT2D eigenvalue weighted by Crippen LogP contribution is -2.21. The summed E-state index contributed by atoms with van der Waals surface area (Å²) in [7, 11) is -0.891. The Morgan fingerprint density at radius 2 is 1.96 bits per heavy atom. The van der Waals surface area contributed by atoms with Gasteiger partial charge in [0.2, 0.25) is 0 Å². The zero-order valence-electron chi connectivity index (χ0n) is 14.9. The molecule has 3 aromatic rings. The Labute approximate surface area is 164 Å². The van der Waals surface area contributed by atoms with E-state index < -0.39 is 15.9 Å². The molecule has 28 heavy (non-hydrogen) atoms. The van der Waals surface area contributed by atoms with Crippen molar-refractivity contribution in [2.24, 2.45) is 7.05 Å². The molecule has 0 saturated carbocycles. The van der Waals surface area contributed by atoms with Gasteiger partial charge in [-0.15, -0.1) is 11.3 Å². The van der Waals surface area contributed by atoms with Crippen molar-refractivity contribution in [2.45, 2.75) is 4.90 Å². The van der Waals surface area contributed by atoms with Gasteiger partial charge in [-0.05, 0) is 24.3 Å². The van der Waals surface area contributed by atoms with Crippen LogP contribution in [0.2, 0.25) is 0 Å². The van der Waals surface area contributed by atoms with Gasteiger partial charge < -0.3 is 14.6 Å². The molecule has 0 atom stereocenters. The average Bonchev–Trinajstić information content (AvgIpc) is 3.16. The van der Waals surface area contributed by atoms with Crippen LogP contribution in [0.3, 0.4) is 0 Å². The van der Waals surface area contributed by atoms with Gasteiger partial charge in [0.25, 0.3) is 21.5 Å². The summed E-state index contributed by atoms with van der Waals surface area (Å²) in [4.78, 5) is 28.1. The highest BCUT2D eigenvalue weighted by molar-refractivity contribution is 7.93. The Kier molecular flexibility index (Phi) is 5.47. The van der Waals surface area contributed by atoms with E-state index in [4.69, 9.17) is 4.74 Å². The maximum Gasteiger partial charge on any atom is 0.263 e. The first-order valence-electron chi connectivity index (χ1n) is 7.88. The Morgan fingerprint density at radius 3 is 2.57 bits per heavy atom. The third-order valence-electron chi connectivity index (χ3n) is 3.73. The van der Waals surface area contributed by atoms with Crippen molar-refractivity contribution in [1.82, 2.24) is 9.55 Å². The number of methoxy groups -OCH3 is 1. The van der Waals surface area contributed by atoms with Crippen LogP contribution in [0.15, 0.2) is 57.8 Å². The van der Waals surface area contributed by atoms with Gasteiger partial charge >= 0.3 is 0 Å². The summed E-state index contributed by atoms with van der Waals surface area (Å²) in [5, 5.41) is 4.56. The summed E-state index contributed by atoms with van der Waals surface area (Å²) >= 11 is 1.16. The van der Waals surface area contributed by atoms with E-state index in [1.807, 2.05) is 0 Å². The predicted octanol–water partition coefficient (Wildman–Crippen LogP) is 1.90.